The highest BCUT2D eigenvalue weighted by Gasteiger charge is 2.50. The molecule has 0 N–H and O–H groups in total. The molecule has 2 heteroatoms. The lowest BCUT2D eigenvalue weighted by molar-refractivity contribution is 0.472. The molecule has 0 aromatic carbocycles. The minimum absolute atomic E-state index is 0.227. The van der Waals surface area contributed by atoms with E-state index in [1.807, 2.05) is 0 Å². The Balaban J connectivity index is 2.33. The highest BCUT2D eigenvalue weighted by molar-refractivity contribution is 5.35. The van der Waals surface area contributed by atoms with E-state index < -0.39 is 5.66 Å². The molecule has 0 saturated heterocycles. The number of hydrogen-bond acceptors (Lipinski definition) is 0. The number of rotatable bonds is 2. The average molecular weight is 210 g/mol. The van der Waals surface area contributed by atoms with Crippen LogP contribution in [0.1, 0.15) is 32.1 Å². The molecule has 1 fully saturated rings. The van der Waals surface area contributed by atoms with Crippen LogP contribution in [0.4, 0.5) is 0 Å². The predicted molar refractivity (Wildman–Crippen MR) is 62.9 cm³/mol. The fourth-order valence-corrected chi connectivity index (χ4v) is 2.91. The van der Waals surface area contributed by atoms with E-state index in [0.717, 1.165) is 12.0 Å². The fourth-order valence-electron chi connectivity index (χ4n) is 2.91. The Morgan fingerprint density at radius 3 is 2.75 bits per heavy atom. The Bertz CT molecular complexity index is 425. The Morgan fingerprint density at radius 1 is 1.44 bits per heavy atom. The molecule has 0 aromatic rings. The molecule has 16 heavy (non-hydrogen) atoms. The second-order valence-corrected chi connectivity index (χ2v) is 4.76. The quantitative estimate of drug-likeness (QED) is 0.375. The van der Waals surface area contributed by atoms with Gasteiger partial charge < -0.3 is 0 Å². The van der Waals surface area contributed by atoms with Crippen molar-refractivity contribution >= 4 is 0 Å². The summed E-state index contributed by atoms with van der Waals surface area (Å²) in [5, 5.41) is 0. The zero-order valence-electron chi connectivity index (χ0n) is 9.24. The molecule has 0 radical (unpaired) electrons. The summed E-state index contributed by atoms with van der Waals surface area (Å²) in [4.78, 5) is 7.07. The molecule has 2 nitrogen and oxygen atoms in total. The van der Waals surface area contributed by atoms with Crippen molar-refractivity contribution in [3.05, 3.63) is 34.5 Å². The van der Waals surface area contributed by atoms with Gasteiger partial charge in [0.15, 0.2) is 6.42 Å². The van der Waals surface area contributed by atoms with Crippen molar-refractivity contribution in [1.82, 2.24) is 0 Å². The summed E-state index contributed by atoms with van der Waals surface area (Å²) >= 11 is 0. The van der Waals surface area contributed by atoms with Gasteiger partial charge >= 0.3 is 5.66 Å². The SMILES string of the molecule is [C-]#[N+]C(CC#C)([N+]#[C-])C1=CC2CCC(C1)C2. The average Bonchev–Trinajstić information content (AvgIpc) is 2.65. The first kappa shape index (κ1) is 10.8. The predicted octanol–water partition coefficient (Wildman–Crippen LogP) is 3.29. The van der Waals surface area contributed by atoms with E-state index in [-0.39, 0.29) is 6.42 Å². The molecule has 0 heterocycles. The summed E-state index contributed by atoms with van der Waals surface area (Å²) in [5.74, 6) is 3.77. The summed E-state index contributed by atoms with van der Waals surface area (Å²) in [6, 6.07) is 0. The molecule has 2 atom stereocenters. The zero-order chi connectivity index (χ0) is 11.6. The van der Waals surface area contributed by atoms with Gasteiger partial charge in [-0.1, -0.05) is 12.0 Å². The molecule has 1 saturated carbocycles. The van der Waals surface area contributed by atoms with Gasteiger partial charge in [-0.15, -0.1) is 6.42 Å². The Labute approximate surface area is 97.0 Å². The van der Waals surface area contributed by atoms with E-state index >= 15 is 0 Å². The van der Waals surface area contributed by atoms with Crippen LogP contribution in [0.2, 0.25) is 0 Å². The molecule has 2 aliphatic rings. The van der Waals surface area contributed by atoms with Crippen molar-refractivity contribution in [2.24, 2.45) is 11.8 Å². The molecule has 2 aliphatic carbocycles. The standard InChI is InChI=1S/C14H14N2/c1-4-7-14(15-2,16-3)13-9-11-5-6-12(8-11)10-13/h1,9,11-12H,5-8,10H2. The summed E-state index contributed by atoms with van der Waals surface area (Å²) in [6.45, 7) is 14.5. The topological polar surface area (TPSA) is 8.72 Å². The molecular formula is C14H14N2. The molecule has 2 bridgehead atoms. The molecule has 0 aliphatic heterocycles. The summed E-state index contributed by atoms with van der Waals surface area (Å²) < 4.78 is 0. The zero-order valence-corrected chi connectivity index (χ0v) is 9.24. The van der Waals surface area contributed by atoms with Crippen molar-refractivity contribution in [3.63, 3.8) is 0 Å². The summed E-state index contributed by atoms with van der Waals surface area (Å²) in [5.41, 5.74) is -0.0927. The van der Waals surface area contributed by atoms with Gasteiger partial charge in [-0.05, 0) is 37.5 Å². The van der Waals surface area contributed by atoms with Gasteiger partial charge in [0.2, 0.25) is 0 Å². The first-order chi connectivity index (χ1) is 7.74. The molecular weight excluding hydrogens is 196 g/mol. The Hall–Kier alpha value is -1.72. The third kappa shape index (κ3) is 1.60. The number of hydrogen-bond donors (Lipinski definition) is 0. The van der Waals surface area contributed by atoms with E-state index in [4.69, 9.17) is 19.6 Å². The Morgan fingerprint density at radius 2 is 2.19 bits per heavy atom. The van der Waals surface area contributed by atoms with Gasteiger partial charge in [0.1, 0.15) is 5.57 Å². The number of terminal acetylenes is 1. The van der Waals surface area contributed by atoms with Gasteiger partial charge in [-0.25, -0.2) is 22.8 Å². The second-order valence-electron chi connectivity index (χ2n) is 4.76. The van der Waals surface area contributed by atoms with E-state index in [9.17, 15) is 0 Å². The van der Waals surface area contributed by atoms with Gasteiger partial charge in [0, 0.05) is 0 Å². The second kappa shape index (κ2) is 4.03. The molecule has 2 unspecified atom stereocenters. The van der Waals surface area contributed by atoms with Crippen molar-refractivity contribution in [3.8, 4) is 12.3 Å². The van der Waals surface area contributed by atoms with E-state index in [1.165, 1.54) is 19.3 Å². The van der Waals surface area contributed by atoms with E-state index in [0.29, 0.717) is 11.8 Å². The smallest absolute Gasteiger partial charge is 0.225 e. The van der Waals surface area contributed by atoms with Crippen molar-refractivity contribution < 1.29 is 0 Å². The van der Waals surface area contributed by atoms with Crippen LogP contribution >= 0.6 is 0 Å². The first-order valence-corrected chi connectivity index (χ1v) is 5.66. The maximum absolute atomic E-state index is 7.27. The lowest BCUT2D eigenvalue weighted by Gasteiger charge is -2.20. The Kier molecular flexibility index (Phi) is 2.72. The minimum Gasteiger partial charge on any atom is -0.225 e. The van der Waals surface area contributed by atoms with Gasteiger partial charge in [0.05, 0.1) is 0 Å². The molecule has 80 valence electrons. The van der Waals surface area contributed by atoms with Crippen LogP contribution in [0.5, 0.6) is 0 Å². The van der Waals surface area contributed by atoms with Gasteiger partial charge in [0.25, 0.3) is 0 Å². The lowest BCUT2D eigenvalue weighted by Crippen LogP contribution is -2.26. The van der Waals surface area contributed by atoms with Crippen LogP contribution < -0.4 is 0 Å². The maximum Gasteiger partial charge on any atom is 0.516 e. The highest BCUT2D eigenvalue weighted by atomic mass is 15.0. The van der Waals surface area contributed by atoms with Crippen LogP contribution in [0.25, 0.3) is 9.69 Å². The van der Waals surface area contributed by atoms with Crippen molar-refractivity contribution in [2.75, 3.05) is 0 Å². The monoisotopic (exact) mass is 210 g/mol. The van der Waals surface area contributed by atoms with Crippen LogP contribution in [-0.4, -0.2) is 5.66 Å². The normalized spacial score (nSPS) is 27.4. The third-order valence-electron chi connectivity index (χ3n) is 3.76. The summed E-state index contributed by atoms with van der Waals surface area (Å²) in [7, 11) is 0. The number of fused-ring (bicyclic) bond motifs is 2. The number of allylic oxidation sites excluding steroid dienone is 1. The number of nitrogens with zero attached hydrogens (tertiary/aromatic N) is 2. The van der Waals surface area contributed by atoms with Gasteiger partial charge in [-0.2, -0.15) is 0 Å². The van der Waals surface area contributed by atoms with Crippen LogP contribution in [0, 0.1) is 37.3 Å². The highest BCUT2D eigenvalue weighted by Crippen LogP contribution is 2.45. The van der Waals surface area contributed by atoms with E-state index in [2.05, 4.69) is 21.7 Å². The largest absolute Gasteiger partial charge is 0.516 e. The first-order valence-electron chi connectivity index (χ1n) is 5.66. The van der Waals surface area contributed by atoms with Crippen LogP contribution in [0.15, 0.2) is 11.6 Å². The fraction of sp³-hybridized carbons (Fsp3) is 0.571. The molecule has 0 spiro atoms. The van der Waals surface area contributed by atoms with Crippen molar-refractivity contribution in [2.45, 2.75) is 37.8 Å². The van der Waals surface area contributed by atoms with Crippen LogP contribution in [0.3, 0.4) is 0 Å². The van der Waals surface area contributed by atoms with Gasteiger partial charge in [-0.3, -0.25) is 0 Å². The van der Waals surface area contributed by atoms with Crippen molar-refractivity contribution in [1.29, 1.82) is 0 Å². The minimum atomic E-state index is -1.09. The lowest BCUT2D eigenvalue weighted by atomic mass is 9.82. The van der Waals surface area contributed by atoms with Crippen LogP contribution in [-0.2, 0) is 0 Å². The molecule has 2 rings (SSSR count). The molecule has 0 amide bonds. The molecule has 0 aromatic heterocycles. The third-order valence-corrected chi connectivity index (χ3v) is 3.76. The van der Waals surface area contributed by atoms with E-state index in [1.54, 1.807) is 0 Å². The summed E-state index contributed by atoms with van der Waals surface area (Å²) in [6.07, 6.45) is 12.3. The maximum atomic E-state index is 7.27.